The molecule has 1 aliphatic carbocycles. The number of hydrogen-bond acceptors (Lipinski definition) is 4. The zero-order chi connectivity index (χ0) is 22.5. The largest absolute Gasteiger partial charge is 0.343 e. The summed E-state index contributed by atoms with van der Waals surface area (Å²) in [6.45, 7) is 0. The number of para-hydroxylation sites is 1. The lowest BCUT2D eigenvalue weighted by Gasteiger charge is -2.34. The van der Waals surface area contributed by atoms with Crippen molar-refractivity contribution < 1.29 is 9.18 Å². The highest BCUT2D eigenvalue weighted by Crippen LogP contribution is 2.47. The lowest BCUT2D eigenvalue weighted by molar-refractivity contribution is -0.116. The van der Waals surface area contributed by atoms with Gasteiger partial charge in [-0.3, -0.25) is 14.7 Å². The number of Topliss-reactive ketones (excluding diaryl/α,β-unsaturated/α-hetero) is 1. The number of allylic oxidation sites excluding steroid dienone is 2. The van der Waals surface area contributed by atoms with Crippen molar-refractivity contribution in [1.82, 2.24) is 9.78 Å². The van der Waals surface area contributed by atoms with E-state index >= 15 is 4.39 Å². The zero-order valence-electron chi connectivity index (χ0n) is 17.5. The van der Waals surface area contributed by atoms with Crippen molar-refractivity contribution in [3.63, 3.8) is 0 Å². The van der Waals surface area contributed by atoms with Gasteiger partial charge in [-0.15, -0.1) is 11.3 Å². The summed E-state index contributed by atoms with van der Waals surface area (Å²) in [5.74, 6) is -0.664. The summed E-state index contributed by atoms with van der Waals surface area (Å²) < 4.78 is 16.5. The minimum Gasteiger partial charge on any atom is -0.343 e. The van der Waals surface area contributed by atoms with E-state index in [1.165, 1.54) is 10.7 Å². The van der Waals surface area contributed by atoms with Crippen molar-refractivity contribution in [3.05, 3.63) is 116 Å². The van der Waals surface area contributed by atoms with E-state index in [0.29, 0.717) is 41.0 Å². The molecule has 4 aromatic rings. The summed E-state index contributed by atoms with van der Waals surface area (Å²) in [4.78, 5) is 28.2. The van der Waals surface area contributed by atoms with Crippen LogP contribution in [0.4, 0.5) is 10.2 Å². The fourth-order valence-corrected chi connectivity index (χ4v) is 5.83. The number of halogens is 1. The van der Waals surface area contributed by atoms with Gasteiger partial charge in [-0.1, -0.05) is 42.5 Å². The van der Waals surface area contributed by atoms with Crippen LogP contribution in [-0.4, -0.2) is 15.6 Å². The standard InChI is InChI=1S/C26H20FN3O2S/c27-18-10-5-4-9-17(18)22-23-19(13-15(14-20(23)31)21-11-6-12-33-21)28-25-24(22)26(32)30(29-25)16-7-2-1-3-8-16/h1-12,15,22,28-29H,13-14H2/t15-,22-/m1/s1. The Hall–Kier alpha value is -3.71. The number of hydrogen-bond donors (Lipinski definition) is 2. The van der Waals surface area contributed by atoms with E-state index in [2.05, 4.69) is 10.4 Å². The van der Waals surface area contributed by atoms with Crippen molar-refractivity contribution in [3.8, 4) is 5.69 Å². The van der Waals surface area contributed by atoms with Crippen molar-refractivity contribution in [1.29, 1.82) is 0 Å². The smallest absolute Gasteiger partial charge is 0.277 e. The van der Waals surface area contributed by atoms with E-state index in [-0.39, 0.29) is 17.3 Å². The van der Waals surface area contributed by atoms with Crippen molar-refractivity contribution in [2.75, 3.05) is 5.32 Å². The highest BCUT2D eigenvalue weighted by atomic mass is 32.1. The maximum atomic E-state index is 15.0. The highest BCUT2D eigenvalue weighted by molar-refractivity contribution is 7.10. The maximum absolute atomic E-state index is 15.0. The fraction of sp³-hybridized carbons (Fsp3) is 0.154. The highest BCUT2D eigenvalue weighted by Gasteiger charge is 2.42. The number of ketones is 1. The summed E-state index contributed by atoms with van der Waals surface area (Å²) in [6, 6.07) is 19.7. The molecule has 0 saturated heterocycles. The molecule has 1 aliphatic heterocycles. The topological polar surface area (TPSA) is 66.9 Å². The second-order valence-electron chi connectivity index (χ2n) is 8.39. The molecule has 0 unspecified atom stereocenters. The van der Waals surface area contributed by atoms with Crippen LogP contribution < -0.4 is 10.9 Å². The van der Waals surface area contributed by atoms with Gasteiger partial charge in [-0.25, -0.2) is 9.07 Å². The molecule has 0 amide bonds. The molecule has 2 atom stereocenters. The number of carbonyl (C=O) groups excluding carboxylic acids is 1. The van der Waals surface area contributed by atoms with Crippen LogP contribution in [0.25, 0.3) is 5.69 Å². The number of aromatic amines is 1. The lowest BCUT2D eigenvalue weighted by atomic mass is 9.74. The predicted molar refractivity (Wildman–Crippen MR) is 127 cm³/mol. The molecule has 0 fully saturated rings. The molecule has 2 N–H and O–H groups in total. The molecular weight excluding hydrogens is 437 g/mol. The van der Waals surface area contributed by atoms with E-state index < -0.39 is 11.7 Å². The number of H-pyrrole nitrogens is 1. The van der Waals surface area contributed by atoms with Gasteiger partial charge in [0.05, 0.1) is 17.2 Å². The van der Waals surface area contributed by atoms with Gasteiger partial charge < -0.3 is 5.32 Å². The molecule has 7 heteroatoms. The van der Waals surface area contributed by atoms with E-state index in [0.717, 1.165) is 10.6 Å². The van der Waals surface area contributed by atoms with Crippen molar-refractivity contribution in [2.24, 2.45) is 0 Å². The van der Waals surface area contributed by atoms with Crippen LogP contribution in [0.5, 0.6) is 0 Å². The van der Waals surface area contributed by atoms with Gasteiger partial charge in [0.1, 0.15) is 11.6 Å². The van der Waals surface area contributed by atoms with Gasteiger partial charge in [0.2, 0.25) is 0 Å². The molecule has 3 heterocycles. The van der Waals surface area contributed by atoms with Crippen LogP contribution in [0.3, 0.4) is 0 Å². The third-order valence-electron chi connectivity index (χ3n) is 6.46. The fourth-order valence-electron chi connectivity index (χ4n) is 5.00. The zero-order valence-corrected chi connectivity index (χ0v) is 18.4. The number of benzene rings is 2. The second-order valence-corrected chi connectivity index (χ2v) is 9.37. The third kappa shape index (κ3) is 3.19. The summed E-state index contributed by atoms with van der Waals surface area (Å²) in [5, 5.41) is 8.51. The van der Waals surface area contributed by atoms with Crippen LogP contribution in [0.15, 0.2) is 88.2 Å². The summed E-state index contributed by atoms with van der Waals surface area (Å²) >= 11 is 1.64. The molecule has 2 aromatic heterocycles. The predicted octanol–water partition coefficient (Wildman–Crippen LogP) is 5.32. The monoisotopic (exact) mass is 457 g/mol. The number of carbonyl (C=O) groups is 1. The Morgan fingerprint density at radius 3 is 2.48 bits per heavy atom. The summed E-state index contributed by atoms with van der Waals surface area (Å²) in [5.41, 5.74) is 2.34. The average Bonchev–Trinajstić information content (AvgIpc) is 3.47. The number of nitrogens with one attached hydrogen (secondary N) is 2. The second kappa shape index (κ2) is 7.71. The Balaban J connectivity index is 1.55. The van der Waals surface area contributed by atoms with Crippen LogP contribution in [-0.2, 0) is 4.79 Å². The number of fused-ring (bicyclic) bond motifs is 1. The molecule has 0 radical (unpaired) electrons. The van der Waals surface area contributed by atoms with Gasteiger partial charge in [0.25, 0.3) is 5.56 Å². The molecule has 0 bridgehead atoms. The number of nitrogens with zero attached hydrogens (tertiary/aromatic N) is 1. The minimum absolute atomic E-state index is 0.0482. The normalized spacial score (nSPS) is 19.7. The molecule has 2 aliphatic rings. The van der Waals surface area contributed by atoms with Gasteiger partial charge in [-0.05, 0) is 36.1 Å². The molecule has 5 nitrogen and oxygen atoms in total. The minimum atomic E-state index is -0.761. The molecular formula is C26H20FN3O2S. The van der Waals surface area contributed by atoms with Gasteiger partial charge in [0, 0.05) is 34.0 Å². The number of anilines is 1. The molecule has 2 aromatic carbocycles. The Kier molecular flexibility index (Phi) is 4.66. The van der Waals surface area contributed by atoms with Crippen LogP contribution in [0.2, 0.25) is 0 Å². The number of rotatable bonds is 3. The molecule has 6 rings (SSSR count). The maximum Gasteiger partial charge on any atom is 0.277 e. The summed E-state index contributed by atoms with van der Waals surface area (Å²) in [6.07, 6.45) is 0.975. The van der Waals surface area contributed by atoms with Gasteiger partial charge >= 0.3 is 0 Å². The van der Waals surface area contributed by atoms with Crippen molar-refractivity contribution in [2.45, 2.75) is 24.7 Å². The first-order valence-corrected chi connectivity index (χ1v) is 11.7. The Labute approximate surface area is 193 Å². The van der Waals surface area contributed by atoms with E-state index in [1.807, 2.05) is 47.8 Å². The van der Waals surface area contributed by atoms with Crippen LogP contribution in [0.1, 0.15) is 40.7 Å². The first-order chi connectivity index (χ1) is 16.1. The molecule has 0 saturated carbocycles. The Morgan fingerprint density at radius 1 is 0.939 bits per heavy atom. The molecule has 33 heavy (non-hydrogen) atoms. The summed E-state index contributed by atoms with van der Waals surface area (Å²) in [7, 11) is 0. The van der Waals surface area contributed by atoms with Crippen molar-refractivity contribution >= 4 is 22.9 Å². The van der Waals surface area contributed by atoms with Crippen LogP contribution in [0, 0.1) is 5.82 Å². The third-order valence-corrected chi connectivity index (χ3v) is 7.50. The lowest BCUT2D eigenvalue weighted by Crippen LogP contribution is -2.32. The molecule has 0 spiro atoms. The van der Waals surface area contributed by atoms with Gasteiger partial charge in [0.15, 0.2) is 5.78 Å². The first kappa shape index (κ1) is 19.9. The SMILES string of the molecule is O=C1C[C@H](c2cccs2)CC2=C1[C@@H](c1ccccc1F)c1c([nH]n(-c3ccccc3)c1=O)N2. The van der Waals surface area contributed by atoms with Crippen LogP contribution >= 0.6 is 11.3 Å². The first-order valence-electron chi connectivity index (χ1n) is 10.8. The number of thiophene rings is 1. The van der Waals surface area contributed by atoms with Gasteiger partial charge in [-0.2, -0.15) is 0 Å². The average molecular weight is 458 g/mol. The van der Waals surface area contributed by atoms with E-state index in [4.69, 9.17) is 0 Å². The van der Waals surface area contributed by atoms with E-state index in [9.17, 15) is 9.59 Å². The Bertz CT molecular complexity index is 1450. The van der Waals surface area contributed by atoms with E-state index in [1.54, 1.807) is 29.5 Å². The Morgan fingerprint density at radius 2 is 1.73 bits per heavy atom. The number of aromatic nitrogens is 2. The molecule has 164 valence electrons. The quantitative estimate of drug-likeness (QED) is 0.437.